The fourth-order valence-electron chi connectivity index (χ4n) is 7.57. The van der Waals surface area contributed by atoms with Gasteiger partial charge >= 0.3 is 7.25 Å². The third-order valence-electron chi connectivity index (χ3n) is 9.53. The standard InChI is InChI=1S/C41H33Cl2N2.BF4/c1-3-44-35(31-14-8-12-29-33(42)20-24-37(44)40(29)31)22-18-27-16-17-28(39(27)26-10-6-5-7-11-26)19-23-36-32-15-9-13-30-34(43)21-25-38(41(30)32)45(36)4-2;2-1(3,4)5/h5-15,18-25H,3-4,16-17H2,1-2H3;/q+1;-1. The van der Waals surface area contributed by atoms with Gasteiger partial charge in [0.2, 0.25) is 11.4 Å². The van der Waals surface area contributed by atoms with Crippen molar-refractivity contribution in [3.8, 4) is 0 Å². The average molecular weight is 711 g/mol. The zero-order valence-corrected chi connectivity index (χ0v) is 29.0. The van der Waals surface area contributed by atoms with E-state index in [0.29, 0.717) is 0 Å². The van der Waals surface area contributed by atoms with Crippen molar-refractivity contribution in [1.29, 1.82) is 0 Å². The number of allylic oxidation sites excluding steroid dienone is 6. The highest BCUT2D eigenvalue weighted by molar-refractivity contribution is 6.50. The number of hydrogen-bond donors (Lipinski definition) is 0. The SMILES string of the molecule is CCn1/c(=C/C=C2CCC(/C=C/C3=[N+](CC)c4ccc(Cl)c5cccc3c45)=C2c2ccccc2)c2cccc3c(Cl)ccc1c32.F[B-](F)(F)F. The second-order valence-corrected chi connectivity index (χ2v) is 13.1. The van der Waals surface area contributed by atoms with Crippen molar-refractivity contribution in [2.24, 2.45) is 0 Å². The molecule has 0 saturated carbocycles. The van der Waals surface area contributed by atoms with E-state index in [-0.39, 0.29) is 0 Å². The summed E-state index contributed by atoms with van der Waals surface area (Å²) in [5.41, 5.74) is 10.3. The summed E-state index contributed by atoms with van der Waals surface area (Å²) in [5, 5.41) is 8.81. The number of hydrogen-bond acceptors (Lipinski definition) is 0. The summed E-state index contributed by atoms with van der Waals surface area (Å²) in [7, 11) is -6.00. The molecule has 252 valence electrons. The molecule has 5 aromatic carbocycles. The maximum Gasteiger partial charge on any atom is 0.673 e. The van der Waals surface area contributed by atoms with Gasteiger partial charge in [-0.2, -0.15) is 4.58 Å². The van der Waals surface area contributed by atoms with Crippen molar-refractivity contribution < 1.29 is 21.8 Å². The first kappa shape index (κ1) is 33.9. The lowest BCUT2D eigenvalue weighted by atomic mass is 9.97. The molecule has 0 amide bonds. The van der Waals surface area contributed by atoms with Crippen LogP contribution in [0.1, 0.15) is 37.8 Å². The molecule has 1 aromatic heterocycles. The van der Waals surface area contributed by atoms with Crippen LogP contribution in [0.3, 0.4) is 0 Å². The molecule has 6 aromatic rings. The molecule has 0 saturated heterocycles. The van der Waals surface area contributed by atoms with Gasteiger partial charge in [-0.3, -0.25) is 0 Å². The summed E-state index contributed by atoms with van der Waals surface area (Å²) in [6.45, 7) is 6.22. The molecule has 0 N–H and O–H groups in total. The summed E-state index contributed by atoms with van der Waals surface area (Å²) in [6, 6.07) is 32.2. The number of rotatable bonds is 6. The van der Waals surface area contributed by atoms with Gasteiger partial charge in [0.05, 0.1) is 10.9 Å². The van der Waals surface area contributed by atoms with Gasteiger partial charge in [0.1, 0.15) is 6.54 Å². The highest BCUT2D eigenvalue weighted by Crippen LogP contribution is 2.41. The minimum atomic E-state index is -6.00. The van der Waals surface area contributed by atoms with Gasteiger partial charge in [0.25, 0.3) is 0 Å². The molecule has 8 rings (SSSR count). The van der Waals surface area contributed by atoms with E-state index in [0.717, 1.165) is 46.7 Å². The fraction of sp³-hybridized carbons (Fsp3) is 0.146. The van der Waals surface area contributed by atoms with E-state index in [9.17, 15) is 17.3 Å². The van der Waals surface area contributed by atoms with Crippen molar-refractivity contribution in [2.45, 2.75) is 33.2 Å². The third-order valence-corrected chi connectivity index (χ3v) is 10.2. The van der Waals surface area contributed by atoms with Gasteiger partial charge in [0.15, 0.2) is 0 Å². The molecule has 0 spiro atoms. The summed E-state index contributed by atoms with van der Waals surface area (Å²) in [5.74, 6) is 0. The van der Waals surface area contributed by atoms with E-state index < -0.39 is 7.25 Å². The Hall–Kier alpha value is -4.59. The molecule has 2 heterocycles. The summed E-state index contributed by atoms with van der Waals surface area (Å²) < 4.78 is 43.8. The Morgan fingerprint density at radius 2 is 1.38 bits per heavy atom. The van der Waals surface area contributed by atoms with Crippen LogP contribution in [0.5, 0.6) is 0 Å². The lowest BCUT2D eigenvalue weighted by molar-refractivity contribution is -0.430. The van der Waals surface area contributed by atoms with Gasteiger partial charge in [-0.05, 0) is 79.3 Å². The number of nitrogens with zero attached hydrogens (tertiary/aromatic N) is 2. The van der Waals surface area contributed by atoms with E-state index in [4.69, 9.17) is 23.2 Å². The zero-order valence-electron chi connectivity index (χ0n) is 27.5. The minimum absolute atomic E-state index is 0.803. The first-order valence-electron chi connectivity index (χ1n) is 16.7. The van der Waals surface area contributed by atoms with Crippen LogP contribution in [0.4, 0.5) is 23.0 Å². The second kappa shape index (κ2) is 13.6. The van der Waals surface area contributed by atoms with E-state index in [1.807, 2.05) is 12.1 Å². The second-order valence-electron chi connectivity index (χ2n) is 12.3. The highest BCUT2D eigenvalue weighted by atomic mass is 35.5. The van der Waals surface area contributed by atoms with Gasteiger partial charge in [-0.15, -0.1) is 0 Å². The van der Waals surface area contributed by atoms with Crippen LogP contribution in [0, 0.1) is 0 Å². The van der Waals surface area contributed by atoms with Crippen molar-refractivity contribution in [2.75, 3.05) is 6.54 Å². The van der Waals surface area contributed by atoms with Crippen LogP contribution in [-0.2, 0) is 6.54 Å². The third kappa shape index (κ3) is 6.18. The Balaban J connectivity index is 0.000000734. The van der Waals surface area contributed by atoms with Gasteiger partial charge in [-0.1, -0.05) is 96.0 Å². The fourth-order valence-corrected chi connectivity index (χ4v) is 8.01. The molecule has 1 aliphatic carbocycles. The summed E-state index contributed by atoms with van der Waals surface area (Å²) >= 11 is 13.3. The maximum absolute atomic E-state index is 9.75. The molecule has 0 fully saturated rings. The molecule has 0 atom stereocenters. The average Bonchev–Trinajstić information content (AvgIpc) is 3.76. The van der Waals surface area contributed by atoms with Crippen LogP contribution in [0.15, 0.2) is 120 Å². The molecule has 9 heteroatoms. The van der Waals surface area contributed by atoms with Crippen LogP contribution in [0.25, 0.3) is 44.1 Å². The Labute approximate surface area is 298 Å². The summed E-state index contributed by atoms with van der Waals surface area (Å²) in [6.07, 6.45) is 11.4. The topological polar surface area (TPSA) is 7.94 Å². The lowest BCUT2D eigenvalue weighted by Gasteiger charge is -2.08. The Morgan fingerprint density at radius 3 is 2.08 bits per heavy atom. The van der Waals surface area contributed by atoms with Crippen molar-refractivity contribution in [3.63, 3.8) is 0 Å². The van der Waals surface area contributed by atoms with E-state index in [1.54, 1.807) is 0 Å². The van der Waals surface area contributed by atoms with E-state index >= 15 is 0 Å². The van der Waals surface area contributed by atoms with Crippen LogP contribution < -0.4 is 5.35 Å². The Kier molecular flexibility index (Phi) is 9.23. The molecule has 0 unspecified atom stereocenters. The molecular formula is C41H33BCl2F4N2. The first-order chi connectivity index (χ1) is 24.1. The largest absolute Gasteiger partial charge is 0.673 e. The minimum Gasteiger partial charge on any atom is -0.418 e. The van der Waals surface area contributed by atoms with Crippen molar-refractivity contribution in [1.82, 2.24) is 4.57 Å². The van der Waals surface area contributed by atoms with Crippen molar-refractivity contribution in [3.05, 3.63) is 147 Å². The first-order valence-corrected chi connectivity index (χ1v) is 17.4. The van der Waals surface area contributed by atoms with Crippen LogP contribution >= 0.6 is 23.2 Å². The zero-order chi connectivity index (χ0) is 35.2. The van der Waals surface area contributed by atoms with Gasteiger partial charge in [0, 0.05) is 61.1 Å². The molecular weight excluding hydrogens is 678 g/mol. The predicted molar refractivity (Wildman–Crippen MR) is 203 cm³/mol. The molecule has 50 heavy (non-hydrogen) atoms. The number of halogens is 6. The number of aryl methyl sites for hydroxylation is 1. The van der Waals surface area contributed by atoms with Gasteiger partial charge < -0.3 is 21.8 Å². The van der Waals surface area contributed by atoms with E-state index in [2.05, 4.69) is 126 Å². The predicted octanol–water partition coefficient (Wildman–Crippen LogP) is 12.0. The molecule has 2 nitrogen and oxygen atoms in total. The van der Waals surface area contributed by atoms with Gasteiger partial charge in [-0.25, -0.2) is 0 Å². The Morgan fingerprint density at radius 1 is 0.720 bits per heavy atom. The molecule has 1 aliphatic heterocycles. The normalized spacial score (nSPS) is 15.9. The molecule has 0 radical (unpaired) electrons. The quantitative estimate of drug-likeness (QED) is 0.0923. The van der Waals surface area contributed by atoms with Crippen LogP contribution in [0.2, 0.25) is 10.0 Å². The lowest BCUT2D eigenvalue weighted by Crippen LogP contribution is -2.14. The smallest absolute Gasteiger partial charge is 0.418 e. The highest BCUT2D eigenvalue weighted by Gasteiger charge is 2.30. The number of aromatic nitrogens is 1. The molecule has 0 bridgehead atoms. The summed E-state index contributed by atoms with van der Waals surface area (Å²) in [4.78, 5) is 0. The van der Waals surface area contributed by atoms with Crippen molar-refractivity contribution >= 4 is 86.0 Å². The van der Waals surface area contributed by atoms with E-state index in [1.165, 1.54) is 66.3 Å². The molecule has 2 aliphatic rings. The Bertz CT molecular complexity index is 2470. The number of benzene rings is 5. The monoisotopic (exact) mass is 710 g/mol. The van der Waals surface area contributed by atoms with Crippen LogP contribution in [-0.4, -0.2) is 28.7 Å². The maximum atomic E-state index is 9.75.